The number of benzene rings is 3. The largest absolute Gasteiger partial charge is 0.465 e. The molecule has 0 unspecified atom stereocenters. The van der Waals surface area contributed by atoms with Crippen molar-refractivity contribution in [1.29, 1.82) is 0 Å². The number of amides is 2. The van der Waals surface area contributed by atoms with Gasteiger partial charge in [-0.3, -0.25) is 14.4 Å². The highest BCUT2D eigenvalue weighted by molar-refractivity contribution is 5.96. The number of hydrogen-bond donors (Lipinski definition) is 3. The lowest BCUT2D eigenvalue weighted by Gasteiger charge is -2.19. The number of carbonyl (C=O) groups excluding carboxylic acids is 3. The summed E-state index contributed by atoms with van der Waals surface area (Å²) in [6.07, 6.45) is 0.380. The van der Waals surface area contributed by atoms with Gasteiger partial charge in [-0.1, -0.05) is 78.9 Å². The summed E-state index contributed by atoms with van der Waals surface area (Å²) >= 11 is 0. The number of carbonyl (C=O) groups is 3. The van der Waals surface area contributed by atoms with E-state index < -0.39 is 17.9 Å². The molecule has 4 rings (SSSR count). The van der Waals surface area contributed by atoms with Gasteiger partial charge in [0.25, 0.3) is 0 Å². The van der Waals surface area contributed by atoms with Crippen molar-refractivity contribution in [3.63, 3.8) is 0 Å². The SMILES string of the molecule is CCOC(=O)CNC(=O)[C@H](Cc1ccccc1)NC(=O)Cc1c(-c2ccccc2)[nH]c2ccccc12. The monoisotopic (exact) mass is 483 g/mol. The number of aromatic amines is 1. The summed E-state index contributed by atoms with van der Waals surface area (Å²) in [7, 11) is 0. The lowest BCUT2D eigenvalue weighted by atomic mass is 10.0. The van der Waals surface area contributed by atoms with Gasteiger partial charge in [-0.05, 0) is 29.7 Å². The van der Waals surface area contributed by atoms with Crippen LogP contribution in [0.2, 0.25) is 0 Å². The number of esters is 1. The number of hydrogen-bond acceptors (Lipinski definition) is 4. The van der Waals surface area contributed by atoms with E-state index in [4.69, 9.17) is 4.74 Å². The van der Waals surface area contributed by atoms with Crippen LogP contribution in [0.25, 0.3) is 22.2 Å². The topological polar surface area (TPSA) is 100 Å². The number of fused-ring (bicyclic) bond motifs is 1. The third-order valence-electron chi connectivity index (χ3n) is 5.86. The van der Waals surface area contributed by atoms with Crippen LogP contribution in [0.5, 0.6) is 0 Å². The van der Waals surface area contributed by atoms with Crippen LogP contribution in [0, 0.1) is 0 Å². The first-order valence-corrected chi connectivity index (χ1v) is 12.0. The predicted molar refractivity (Wildman–Crippen MR) is 139 cm³/mol. The highest BCUT2D eigenvalue weighted by Gasteiger charge is 2.24. The first kappa shape index (κ1) is 24.7. The summed E-state index contributed by atoms with van der Waals surface area (Å²) in [5.74, 6) is -1.26. The molecule has 1 heterocycles. The van der Waals surface area contributed by atoms with Crippen molar-refractivity contribution < 1.29 is 19.1 Å². The summed E-state index contributed by atoms with van der Waals surface area (Å²) in [5, 5.41) is 6.43. The van der Waals surface area contributed by atoms with Crippen molar-refractivity contribution >= 4 is 28.7 Å². The summed E-state index contributed by atoms with van der Waals surface area (Å²) in [4.78, 5) is 41.4. The predicted octanol–water partition coefficient (Wildman–Crippen LogP) is 3.78. The minimum atomic E-state index is -0.847. The molecule has 7 heteroatoms. The summed E-state index contributed by atoms with van der Waals surface area (Å²) in [5.41, 5.74) is 4.54. The Kier molecular flexibility index (Phi) is 8.13. The van der Waals surface area contributed by atoms with Crippen molar-refractivity contribution in [2.45, 2.75) is 25.8 Å². The minimum absolute atomic E-state index is 0.0880. The van der Waals surface area contributed by atoms with Gasteiger partial charge in [0.05, 0.1) is 18.7 Å². The molecule has 1 atom stereocenters. The number of H-pyrrole nitrogens is 1. The molecule has 7 nitrogen and oxygen atoms in total. The van der Waals surface area contributed by atoms with Gasteiger partial charge in [0.2, 0.25) is 11.8 Å². The second-order valence-corrected chi connectivity index (χ2v) is 8.40. The van der Waals surface area contributed by atoms with Gasteiger partial charge in [0.1, 0.15) is 12.6 Å². The van der Waals surface area contributed by atoms with Gasteiger partial charge in [-0.15, -0.1) is 0 Å². The fraction of sp³-hybridized carbons (Fsp3) is 0.207. The van der Waals surface area contributed by atoms with E-state index in [-0.39, 0.29) is 25.5 Å². The quantitative estimate of drug-likeness (QED) is 0.299. The van der Waals surface area contributed by atoms with Gasteiger partial charge in [-0.25, -0.2) is 0 Å². The van der Waals surface area contributed by atoms with Crippen molar-refractivity contribution in [2.75, 3.05) is 13.2 Å². The molecule has 0 aliphatic rings. The second kappa shape index (κ2) is 11.8. The van der Waals surface area contributed by atoms with Gasteiger partial charge >= 0.3 is 5.97 Å². The Balaban J connectivity index is 1.55. The molecule has 2 amide bonds. The van der Waals surface area contributed by atoms with Crippen LogP contribution in [0.1, 0.15) is 18.1 Å². The van der Waals surface area contributed by atoms with Crippen LogP contribution < -0.4 is 10.6 Å². The standard InChI is InChI=1S/C29H29N3O4/c1-2-36-27(34)19-30-29(35)25(17-20-11-5-3-6-12-20)31-26(33)18-23-22-15-9-10-16-24(22)32-28(23)21-13-7-4-8-14-21/h3-16,25,32H,2,17-19H2,1H3,(H,30,35)(H,31,33)/t25-/m0/s1. The van der Waals surface area contributed by atoms with Gasteiger partial charge in [-0.2, -0.15) is 0 Å². The lowest BCUT2D eigenvalue weighted by Crippen LogP contribution is -2.49. The average Bonchev–Trinajstić information content (AvgIpc) is 3.26. The zero-order chi connectivity index (χ0) is 25.3. The van der Waals surface area contributed by atoms with Gasteiger partial charge < -0.3 is 20.4 Å². The molecule has 3 aromatic carbocycles. The van der Waals surface area contributed by atoms with Crippen molar-refractivity contribution in [2.24, 2.45) is 0 Å². The first-order chi connectivity index (χ1) is 17.5. The minimum Gasteiger partial charge on any atom is -0.465 e. The molecule has 0 fully saturated rings. The maximum atomic E-state index is 13.3. The number of ether oxygens (including phenoxy) is 1. The Morgan fingerprint density at radius 2 is 1.56 bits per heavy atom. The van der Waals surface area contributed by atoms with E-state index in [9.17, 15) is 14.4 Å². The third-order valence-corrected chi connectivity index (χ3v) is 5.86. The molecule has 0 saturated carbocycles. The summed E-state index contributed by atoms with van der Waals surface area (Å²) in [6, 6.07) is 26.3. The molecule has 4 aromatic rings. The van der Waals surface area contributed by atoms with Crippen LogP contribution in [-0.2, 0) is 32.0 Å². The van der Waals surface area contributed by atoms with Crippen molar-refractivity contribution in [3.05, 3.63) is 96.1 Å². The molecule has 0 spiro atoms. The maximum absolute atomic E-state index is 13.3. The van der Waals surface area contributed by atoms with E-state index in [0.717, 1.165) is 33.3 Å². The van der Waals surface area contributed by atoms with Gasteiger partial charge in [0.15, 0.2) is 0 Å². The molecule has 0 radical (unpaired) electrons. The van der Waals surface area contributed by atoms with E-state index in [0.29, 0.717) is 6.42 Å². The number of rotatable bonds is 10. The van der Waals surface area contributed by atoms with Crippen LogP contribution in [0.3, 0.4) is 0 Å². The molecule has 1 aromatic heterocycles. The third kappa shape index (κ3) is 6.18. The molecular weight excluding hydrogens is 454 g/mol. The fourth-order valence-corrected chi connectivity index (χ4v) is 4.19. The maximum Gasteiger partial charge on any atom is 0.325 e. The molecule has 0 aliphatic heterocycles. The zero-order valence-corrected chi connectivity index (χ0v) is 20.1. The van der Waals surface area contributed by atoms with E-state index in [1.165, 1.54) is 0 Å². The molecule has 0 saturated heterocycles. The Morgan fingerprint density at radius 3 is 2.28 bits per heavy atom. The summed E-state index contributed by atoms with van der Waals surface area (Å²) in [6.45, 7) is 1.67. The summed E-state index contributed by atoms with van der Waals surface area (Å²) < 4.78 is 4.89. The normalized spacial score (nSPS) is 11.6. The van der Waals surface area contributed by atoms with E-state index in [2.05, 4.69) is 15.6 Å². The van der Waals surface area contributed by atoms with E-state index in [1.807, 2.05) is 84.9 Å². The van der Waals surface area contributed by atoms with Crippen LogP contribution in [-0.4, -0.2) is 42.0 Å². The van der Waals surface area contributed by atoms with E-state index in [1.54, 1.807) is 6.92 Å². The molecule has 184 valence electrons. The van der Waals surface area contributed by atoms with E-state index >= 15 is 0 Å². The van der Waals surface area contributed by atoms with Crippen molar-refractivity contribution in [1.82, 2.24) is 15.6 Å². The smallest absolute Gasteiger partial charge is 0.325 e. The average molecular weight is 484 g/mol. The van der Waals surface area contributed by atoms with Crippen LogP contribution in [0.15, 0.2) is 84.9 Å². The zero-order valence-electron chi connectivity index (χ0n) is 20.1. The van der Waals surface area contributed by atoms with Crippen LogP contribution >= 0.6 is 0 Å². The molecule has 36 heavy (non-hydrogen) atoms. The fourth-order valence-electron chi connectivity index (χ4n) is 4.19. The Morgan fingerprint density at radius 1 is 0.889 bits per heavy atom. The molecule has 0 aliphatic carbocycles. The lowest BCUT2D eigenvalue weighted by molar-refractivity contribution is -0.143. The molecule has 3 N–H and O–H groups in total. The number of aromatic nitrogens is 1. The van der Waals surface area contributed by atoms with Crippen LogP contribution in [0.4, 0.5) is 0 Å². The number of para-hydroxylation sites is 1. The highest BCUT2D eigenvalue weighted by atomic mass is 16.5. The molecule has 0 bridgehead atoms. The Hall–Kier alpha value is -4.39. The van der Waals surface area contributed by atoms with Crippen molar-refractivity contribution in [3.8, 4) is 11.3 Å². The molecular formula is C29H29N3O4. The second-order valence-electron chi connectivity index (χ2n) is 8.40. The highest BCUT2D eigenvalue weighted by Crippen LogP contribution is 2.30. The Labute approximate surface area is 209 Å². The van der Waals surface area contributed by atoms with Gasteiger partial charge in [0, 0.05) is 17.3 Å². The first-order valence-electron chi connectivity index (χ1n) is 12.0. The Bertz CT molecular complexity index is 1330. The number of nitrogens with one attached hydrogen (secondary N) is 3.